The Morgan fingerprint density at radius 3 is 2.54 bits per heavy atom. The number of rotatable bonds is 6. The zero-order valence-electron chi connectivity index (χ0n) is 15.4. The summed E-state index contributed by atoms with van der Waals surface area (Å²) in [5, 5.41) is 12.7. The Morgan fingerprint density at radius 1 is 1.12 bits per heavy atom. The third-order valence-electron chi connectivity index (χ3n) is 5.94. The van der Waals surface area contributed by atoms with Crippen LogP contribution in [0.1, 0.15) is 55.3 Å². The molecule has 5 heteroatoms. The molecule has 1 saturated carbocycles. The van der Waals surface area contributed by atoms with Gasteiger partial charge in [0.15, 0.2) is 0 Å². The highest BCUT2D eigenvalue weighted by molar-refractivity contribution is 5.94. The maximum atomic E-state index is 12.6. The zero-order valence-corrected chi connectivity index (χ0v) is 15.4. The van der Waals surface area contributed by atoms with Crippen molar-refractivity contribution in [2.45, 2.75) is 51.0 Å². The summed E-state index contributed by atoms with van der Waals surface area (Å²) in [5.41, 5.74) is 0.605. The Morgan fingerprint density at radius 2 is 1.85 bits per heavy atom. The Balaban J connectivity index is 1.55. The van der Waals surface area contributed by atoms with Crippen molar-refractivity contribution in [3.05, 3.63) is 35.9 Å². The van der Waals surface area contributed by atoms with Crippen LogP contribution in [-0.4, -0.2) is 47.6 Å². The number of aliphatic hydroxyl groups is 1. The highest BCUT2D eigenvalue weighted by Gasteiger charge is 2.32. The molecular formula is C21H30N2O3. The van der Waals surface area contributed by atoms with Crippen LogP contribution in [0.4, 0.5) is 0 Å². The fourth-order valence-electron chi connectivity index (χ4n) is 4.24. The lowest BCUT2D eigenvalue weighted by Gasteiger charge is -2.38. The van der Waals surface area contributed by atoms with E-state index in [0.29, 0.717) is 31.0 Å². The van der Waals surface area contributed by atoms with Crippen LogP contribution in [-0.2, 0) is 4.79 Å². The average molecular weight is 358 g/mol. The second kappa shape index (κ2) is 9.17. The smallest absolute Gasteiger partial charge is 0.251 e. The number of nitrogens with zero attached hydrogens (tertiary/aromatic N) is 1. The van der Waals surface area contributed by atoms with Crippen molar-refractivity contribution in [1.82, 2.24) is 10.2 Å². The first-order valence-electron chi connectivity index (χ1n) is 9.92. The van der Waals surface area contributed by atoms with Crippen LogP contribution in [0.2, 0.25) is 0 Å². The minimum absolute atomic E-state index is 0.00143. The number of piperidine rings is 1. The van der Waals surface area contributed by atoms with Crippen LogP contribution in [0.3, 0.4) is 0 Å². The van der Waals surface area contributed by atoms with Gasteiger partial charge in [0.1, 0.15) is 0 Å². The molecule has 0 aromatic heterocycles. The maximum Gasteiger partial charge on any atom is 0.251 e. The van der Waals surface area contributed by atoms with Crippen LogP contribution in [0.15, 0.2) is 30.3 Å². The summed E-state index contributed by atoms with van der Waals surface area (Å²) in [4.78, 5) is 26.9. The average Bonchev–Trinajstić information content (AvgIpc) is 3.20. The predicted octanol–water partition coefficient (Wildman–Crippen LogP) is 2.60. The van der Waals surface area contributed by atoms with E-state index in [1.54, 1.807) is 12.1 Å². The number of carbonyl (C=O) groups is 2. The largest absolute Gasteiger partial charge is 0.396 e. The lowest BCUT2D eigenvalue weighted by molar-refractivity contribution is -0.133. The molecule has 142 valence electrons. The molecule has 1 saturated heterocycles. The summed E-state index contributed by atoms with van der Waals surface area (Å²) >= 11 is 0. The number of aliphatic hydroxyl groups excluding tert-OH is 1. The Labute approximate surface area is 155 Å². The Hall–Kier alpha value is -1.88. The van der Waals surface area contributed by atoms with Gasteiger partial charge in [-0.2, -0.15) is 0 Å². The summed E-state index contributed by atoms with van der Waals surface area (Å²) in [6.45, 7) is 1.20. The first-order chi connectivity index (χ1) is 12.7. The molecule has 2 fully saturated rings. The maximum absolute atomic E-state index is 12.6. The molecule has 1 heterocycles. The van der Waals surface area contributed by atoms with Gasteiger partial charge < -0.3 is 15.3 Å². The van der Waals surface area contributed by atoms with E-state index in [1.165, 1.54) is 25.7 Å². The summed E-state index contributed by atoms with van der Waals surface area (Å²) in [6, 6.07) is 8.89. The van der Waals surface area contributed by atoms with Crippen LogP contribution in [0, 0.1) is 11.8 Å². The van der Waals surface area contributed by atoms with Gasteiger partial charge in [0, 0.05) is 37.6 Å². The summed E-state index contributed by atoms with van der Waals surface area (Å²) in [6.07, 6.45) is 7.44. The van der Waals surface area contributed by atoms with Gasteiger partial charge in [-0.15, -0.1) is 0 Å². The topological polar surface area (TPSA) is 69.6 Å². The second-order valence-electron chi connectivity index (χ2n) is 7.71. The van der Waals surface area contributed by atoms with Gasteiger partial charge in [-0.25, -0.2) is 0 Å². The van der Waals surface area contributed by atoms with Gasteiger partial charge in [0.25, 0.3) is 5.91 Å². The molecule has 0 bridgehead atoms. The molecule has 0 radical (unpaired) electrons. The van der Waals surface area contributed by atoms with Gasteiger partial charge in [-0.05, 0) is 30.9 Å². The van der Waals surface area contributed by atoms with E-state index >= 15 is 0 Å². The molecule has 2 aliphatic rings. The number of benzene rings is 1. The molecule has 0 spiro atoms. The predicted molar refractivity (Wildman–Crippen MR) is 101 cm³/mol. The second-order valence-corrected chi connectivity index (χ2v) is 7.71. The van der Waals surface area contributed by atoms with Gasteiger partial charge >= 0.3 is 0 Å². The van der Waals surface area contributed by atoms with Crippen molar-refractivity contribution < 1.29 is 14.7 Å². The molecular weight excluding hydrogens is 328 g/mol. The van der Waals surface area contributed by atoms with Gasteiger partial charge in [0.2, 0.25) is 5.91 Å². The Bertz CT molecular complexity index is 599. The fraction of sp³-hybridized carbons (Fsp3) is 0.619. The molecule has 0 unspecified atom stereocenters. The van der Waals surface area contributed by atoms with Gasteiger partial charge in [0.05, 0.1) is 6.04 Å². The normalized spacial score (nSPS) is 23.8. The van der Waals surface area contributed by atoms with Crippen molar-refractivity contribution in [2.24, 2.45) is 11.8 Å². The van der Waals surface area contributed by atoms with Crippen LogP contribution in [0.25, 0.3) is 0 Å². The van der Waals surface area contributed by atoms with Crippen LogP contribution >= 0.6 is 0 Å². The quantitative estimate of drug-likeness (QED) is 0.821. The molecule has 2 N–H and O–H groups in total. The number of hydrogen-bond donors (Lipinski definition) is 2. The molecule has 26 heavy (non-hydrogen) atoms. The number of hydrogen-bond acceptors (Lipinski definition) is 3. The molecule has 2 atom stereocenters. The van der Waals surface area contributed by atoms with E-state index in [4.69, 9.17) is 0 Å². The molecule has 1 aromatic rings. The minimum atomic E-state index is -0.197. The molecule has 1 aromatic carbocycles. The van der Waals surface area contributed by atoms with Crippen LogP contribution < -0.4 is 5.32 Å². The first-order valence-corrected chi connectivity index (χ1v) is 9.92. The van der Waals surface area contributed by atoms with Crippen molar-refractivity contribution in [3.8, 4) is 0 Å². The lowest BCUT2D eigenvalue weighted by Crippen LogP contribution is -2.55. The summed E-state index contributed by atoms with van der Waals surface area (Å²) < 4.78 is 0. The van der Waals surface area contributed by atoms with E-state index in [-0.39, 0.29) is 30.4 Å². The van der Waals surface area contributed by atoms with Gasteiger partial charge in [-0.3, -0.25) is 9.59 Å². The van der Waals surface area contributed by atoms with E-state index in [1.807, 2.05) is 23.1 Å². The zero-order chi connectivity index (χ0) is 18.4. The highest BCUT2D eigenvalue weighted by atomic mass is 16.3. The highest BCUT2D eigenvalue weighted by Crippen LogP contribution is 2.29. The molecule has 1 aliphatic carbocycles. The van der Waals surface area contributed by atoms with E-state index in [9.17, 15) is 14.7 Å². The van der Waals surface area contributed by atoms with Crippen LogP contribution in [0.5, 0.6) is 0 Å². The van der Waals surface area contributed by atoms with E-state index < -0.39 is 0 Å². The number of likely N-dealkylation sites (tertiary alicyclic amines) is 1. The van der Waals surface area contributed by atoms with Crippen molar-refractivity contribution in [1.29, 1.82) is 0 Å². The number of carbonyl (C=O) groups excluding carboxylic acids is 2. The molecule has 3 rings (SSSR count). The number of nitrogens with one attached hydrogen (secondary N) is 1. The standard InChI is InChI=1S/C21H30N2O3/c24-15-18-12-13-23(20(25)11-10-16-6-4-5-7-16)14-19(18)22-21(26)17-8-2-1-3-9-17/h1-3,8-9,16,18-19,24H,4-7,10-15H2,(H,22,26)/t18-,19-/m1/s1. The summed E-state index contributed by atoms with van der Waals surface area (Å²) in [5.74, 6) is 0.755. The first kappa shape index (κ1) is 18.9. The molecule has 2 amide bonds. The van der Waals surface area contributed by atoms with Crippen molar-refractivity contribution in [2.75, 3.05) is 19.7 Å². The van der Waals surface area contributed by atoms with Gasteiger partial charge in [-0.1, -0.05) is 43.9 Å². The van der Waals surface area contributed by atoms with E-state index in [0.717, 1.165) is 12.8 Å². The Kier molecular flexibility index (Phi) is 6.67. The third-order valence-corrected chi connectivity index (χ3v) is 5.94. The number of amides is 2. The fourth-order valence-corrected chi connectivity index (χ4v) is 4.24. The monoisotopic (exact) mass is 358 g/mol. The molecule has 1 aliphatic heterocycles. The minimum Gasteiger partial charge on any atom is -0.396 e. The lowest BCUT2D eigenvalue weighted by atomic mass is 9.91. The van der Waals surface area contributed by atoms with Crippen molar-refractivity contribution in [3.63, 3.8) is 0 Å². The van der Waals surface area contributed by atoms with E-state index in [2.05, 4.69) is 5.32 Å². The SMILES string of the molecule is O=C(N[C@@H]1CN(C(=O)CCC2CCCC2)CC[C@@H]1CO)c1ccccc1. The van der Waals surface area contributed by atoms with Crippen molar-refractivity contribution >= 4 is 11.8 Å². The molecule has 5 nitrogen and oxygen atoms in total. The third kappa shape index (κ3) is 4.85. The summed E-state index contributed by atoms with van der Waals surface area (Å²) in [7, 11) is 0.